The van der Waals surface area contributed by atoms with Gasteiger partial charge in [-0.3, -0.25) is 4.79 Å². The van der Waals surface area contributed by atoms with Gasteiger partial charge in [-0.1, -0.05) is 51.0 Å². The van der Waals surface area contributed by atoms with Crippen molar-refractivity contribution >= 4 is 5.78 Å². The van der Waals surface area contributed by atoms with Gasteiger partial charge in [0, 0.05) is 17.8 Å². The van der Waals surface area contributed by atoms with E-state index in [9.17, 15) is 4.79 Å². The first-order chi connectivity index (χ1) is 13.0. The van der Waals surface area contributed by atoms with E-state index >= 15 is 0 Å². The van der Waals surface area contributed by atoms with Crippen LogP contribution in [0.2, 0.25) is 0 Å². The van der Waals surface area contributed by atoms with Gasteiger partial charge in [0.25, 0.3) is 0 Å². The number of allylic oxidation sites excluding steroid dienone is 2. The molecule has 6 atom stereocenters. The summed E-state index contributed by atoms with van der Waals surface area (Å²) in [6, 6.07) is 8.65. The first-order valence-electron chi connectivity index (χ1n) is 10.9. The molecule has 3 fully saturated rings. The standard InChI is InChI=1S/C25H32O2/c1-17-6-11-20-22(21(26)16-17)25(18-7-9-19(27-3)10-8-18)15-14-24(20)13-5-4-12-23(24,25)2/h7-10,14-15,17,20,22H,4-6,11-13,16H2,1-3H3/t17-,20-,22-,23-,24-,25-/m0/s1. The maximum atomic E-state index is 13.6. The van der Waals surface area contributed by atoms with Crippen molar-refractivity contribution < 1.29 is 9.53 Å². The second kappa shape index (κ2) is 5.72. The van der Waals surface area contributed by atoms with Crippen molar-refractivity contribution in [2.45, 2.75) is 64.2 Å². The van der Waals surface area contributed by atoms with Crippen LogP contribution in [0.5, 0.6) is 5.75 Å². The van der Waals surface area contributed by atoms with Crippen LogP contribution in [-0.2, 0) is 10.2 Å². The molecule has 1 aromatic carbocycles. The second-order valence-electron chi connectivity index (χ2n) is 9.95. The third-order valence-corrected chi connectivity index (χ3v) is 9.09. The van der Waals surface area contributed by atoms with E-state index in [0.29, 0.717) is 17.6 Å². The summed E-state index contributed by atoms with van der Waals surface area (Å²) < 4.78 is 5.42. The summed E-state index contributed by atoms with van der Waals surface area (Å²) in [5.74, 6) is 2.63. The summed E-state index contributed by atoms with van der Waals surface area (Å²) in [6.45, 7) is 4.79. The van der Waals surface area contributed by atoms with Gasteiger partial charge < -0.3 is 4.74 Å². The van der Waals surface area contributed by atoms with Gasteiger partial charge in [-0.15, -0.1) is 0 Å². The highest BCUT2D eigenvalue weighted by atomic mass is 16.5. The van der Waals surface area contributed by atoms with E-state index < -0.39 is 0 Å². The normalized spacial score (nSPS) is 45.3. The van der Waals surface area contributed by atoms with Crippen molar-refractivity contribution in [3.8, 4) is 5.75 Å². The Morgan fingerprint density at radius 2 is 1.78 bits per heavy atom. The molecule has 0 saturated heterocycles. The van der Waals surface area contributed by atoms with Crippen molar-refractivity contribution in [1.29, 1.82) is 0 Å². The number of fused-ring (bicyclic) bond motifs is 2. The van der Waals surface area contributed by atoms with Crippen LogP contribution in [0.4, 0.5) is 0 Å². The Kier molecular flexibility index (Phi) is 3.71. The van der Waals surface area contributed by atoms with Crippen LogP contribution in [0.15, 0.2) is 36.4 Å². The van der Waals surface area contributed by atoms with E-state index in [1.165, 1.54) is 44.1 Å². The number of carbonyl (C=O) groups is 1. The summed E-state index contributed by atoms with van der Waals surface area (Å²) in [5.41, 5.74) is 1.58. The molecular formula is C25H32O2. The summed E-state index contributed by atoms with van der Waals surface area (Å²) in [6.07, 6.45) is 13.3. The fourth-order valence-corrected chi connectivity index (χ4v) is 7.91. The molecule has 2 bridgehead atoms. The van der Waals surface area contributed by atoms with E-state index in [1.807, 2.05) is 0 Å². The van der Waals surface area contributed by atoms with Crippen molar-refractivity contribution in [1.82, 2.24) is 0 Å². The Hall–Kier alpha value is -1.57. The third-order valence-electron chi connectivity index (χ3n) is 9.09. The highest BCUT2D eigenvalue weighted by molar-refractivity contribution is 5.86. The molecule has 3 saturated carbocycles. The van der Waals surface area contributed by atoms with Crippen LogP contribution in [0.1, 0.15) is 64.4 Å². The third kappa shape index (κ3) is 1.95. The molecule has 27 heavy (non-hydrogen) atoms. The molecule has 0 spiro atoms. The number of ketones is 1. The van der Waals surface area contributed by atoms with Gasteiger partial charge in [0.2, 0.25) is 0 Å². The van der Waals surface area contributed by atoms with Crippen LogP contribution in [-0.4, -0.2) is 12.9 Å². The highest BCUT2D eigenvalue weighted by Gasteiger charge is 2.76. The van der Waals surface area contributed by atoms with E-state index in [2.05, 4.69) is 50.3 Å². The fraction of sp³-hybridized carbons (Fsp3) is 0.640. The van der Waals surface area contributed by atoms with E-state index in [1.54, 1.807) is 7.11 Å². The summed E-state index contributed by atoms with van der Waals surface area (Å²) in [5, 5.41) is 0. The van der Waals surface area contributed by atoms with Gasteiger partial charge in [-0.25, -0.2) is 0 Å². The SMILES string of the molecule is COc1ccc([C@]23C=C[C@@]4(CCCC[C@]24C)[C@H]2CC[C@H](C)CC(=O)[C@H]23)cc1. The molecule has 0 amide bonds. The lowest BCUT2D eigenvalue weighted by Gasteiger charge is -2.51. The molecule has 4 aliphatic rings. The zero-order valence-electron chi connectivity index (χ0n) is 17.0. The number of benzene rings is 1. The lowest BCUT2D eigenvalue weighted by atomic mass is 9.52. The molecule has 0 aliphatic heterocycles. The van der Waals surface area contributed by atoms with E-state index in [0.717, 1.165) is 12.2 Å². The predicted octanol–water partition coefficient (Wildman–Crippen LogP) is 5.70. The van der Waals surface area contributed by atoms with Crippen LogP contribution in [0, 0.1) is 28.6 Å². The molecule has 2 nitrogen and oxygen atoms in total. The lowest BCUT2D eigenvalue weighted by molar-refractivity contribution is -0.126. The molecule has 5 rings (SSSR count). The summed E-state index contributed by atoms with van der Waals surface area (Å²) in [4.78, 5) is 13.6. The number of ether oxygens (including phenoxy) is 1. The topological polar surface area (TPSA) is 26.3 Å². The van der Waals surface area contributed by atoms with Crippen LogP contribution in [0.25, 0.3) is 0 Å². The fourth-order valence-electron chi connectivity index (χ4n) is 7.91. The van der Waals surface area contributed by atoms with Crippen LogP contribution >= 0.6 is 0 Å². The zero-order valence-corrected chi connectivity index (χ0v) is 17.0. The molecule has 1 aromatic rings. The molecular weight excluding hydrogens is 332 g/mol. The number of methoxy groups -OCH3 is 1. The number of hydrogen-bond acceptors (Lipinski definition) is 2. The predicted molar refractivity (Wildman–Crippen MR) is 108 cm³/mol. The molecule has 4 aliphatic carbocycles. The van der Waals surface area contributed by atoms with Gasteiger partial charge in [0.05, 0.1) is 7.11 Å². The maximum Gasteiger partial charge on any atom is 0.137 e. The second-order valence-corrected chi connectivity index (χ2v) is 9.95. The minimum Gasteiger partial charge on any atom is -0.497 e. The van der Waals surface area contributed by atoms with Gasteiger partial charge in [0.15, 0.2) is 0 Å². The van der Waals surface area contributed by atoms with Crippen molar-refractivity contribution in [2.75, 3.05) is 7.11 Å². The molecule has 0 heterocycles. The van der Waals surface area contributed by atoms with Crippen molar-refractivity contribution in [3.63, 3.8) is 0 Å². The summed E-state index contributed by atoms with van der Waals surface area (Å²) >= 11 is 0. The smallest absolute Gasteiger partial charge is 0.137 e. The average molecular weight is 365 g/mol. The minimum absolute atomic E-state index is 0.133. The first kappa shape index (κ1) is 17.5. The number of carbonyl (C=O) groups excluding carboxylic acids is 1. The molecule has 144 valence electrons. The molecule has 0 aromatic heterocycles. The van der Waals surface area contributed by atoms with Crippen LogP contribution < -0.4 is 4.74 Å². The number of hydrogen-bond donors (Lipinski definition) is 0. The summed E-state index contributed by atoms with van der Waals surface area (Å²) in [7, 11) is 1.72. The number of rotatable bonds is 2. The Labute approximate surface area is 163 Å². The van der Waals surface area contributed by atoms with E-state index in [-0.39, 0.29) is 22.2 Å². The van der Waals surface area contributed by atoms with Gasteiger partial charge in [-0.05, 0) is 66.0 Å². The quantitative estimate of drug-likeness (QED) is 0.629. The first-order valence-corrected chi connectivity index (χ1v) is 10.9. The van der Waals surface area contributed by atoms with Crippen molar-refractivity contribution in [3.05, 3.63) is 42.0 Å². The van der Waals surface area contributed by atoms with Crippen LogP contribution in [0.3, 0.4) is 0 Å². The zero-order chi connectivity index (χ0) is 18.9. The lowest BCUT2D eigenvalue weighted by Crippen LogP contribution is -2.47. The maximum absolute atomic E-state index is 13.6. The Balaban J connectivity index is 1.73. The highest BCUT2D eigenvalue weighted by Crippen LogP contribution is 2.79. The number of Topliss-reactive ketones (excluding diaryl/α,β-unsaturated/α-hetero) is 1. The Bertz CT molecular complexity index is 793. The van der Waals surface area contributed by atoms with Gasteiger partial charge >= 0.3 is 0 Å². The largest absolute Gasteiger partial charge is 0.497 e. The average Bonchev–Trinajstić information content (AvgIpc) is 2.98. The van der Waals surface area contributed by atoms with Gasteiger partial charge in [-0.2, -0.15) is 0 Å². The molecule has 2 heteroatoms. The van der Waals surface area contributed by atoms with Gasteiger partial charge in [0.1, 0.15) is 11.5 Å². The minimum atomic E-state index is -0.133. The van der Waals surface area contributed by atoms with E-state index in [4.69, 9.17) is 4.74 Å². The van der Waals surface area contributed by atoms with Crippen molar-refractivity contribution in [2.24, 2.45) is 28.6 Å². The molecule has 0 N–H and O–H groups in total. The monoisotopic (exact) mass is 364 g/mol. The Morgan fingerprint density at radius 1 is 1.04 bits per heavy atom. The molecule has 0 unspecified atom stereocenters. The Morgan fingerprint density at radius 3 is 2.52 bits per heavy atom. The molecule has 0 radical (unpaired) electrons.